The highest BCUT2D eigenvalue weighted by atomic mass is 32.1. The van der Waals surface area contributed by atoms with Gasteiger partial charge in [-0.2, -0.15) is 0 Å². The van der Waals surface area contributed by atoms with Gasteiger partial charge in [-0.3, -0.25) is 9.69 Å². The molecule has 2 rings (SSSR count). The van der Waals surface area contributed by atoms with Gasteiger partial charge in [-0.1, -0.05) is 6.92 Å². The molecule has 1 unspecified atom stereocenters. The highest BCUT2D eigenvalue weighted by molar-refractivity contribution is 7.09. The van der Waals surface area contributed by atoms with Gasteiger partial charge in [0.2, 0.25) is 0 Å². The fourth-order valence-electron chi connectivity index (χ4n) is 2.14. The van der Waals surface area contributed by atoms with Gasteiger partial charge in [-0.05, 0) is 13.0 Å². The normalized spacial score (nSPS) is 20.4. The molecule has 106 valence electrons. The number of carbonyl (C=O) groups excluding carboxylic acids is 1. The standard InChI is InChI=1S/C13H20N2O3S/c1-3-4-15-5-6-18-11(8-15)13-14-10(9-19-13)7-12(16)17-2/h9,11H,3-8H2,1-2H3. The Morgan fingerprint density at radius 2 is 2.53 bits per heavy atom. The number of aromatic nitrogens is 1. The molecule has 6 heteroatoms. The lowest BCUT2D eigenvalue weighted by molar-refractivity contribution is -0.139. The largest absolute Gasteiger partial charge is 0.469 e. The Morgan fingerprint density at radius 3 is 3.26 bits per heavy atom. The first-order chi connectivity index (χ1) is 9.22. The smallest absolute Gasteiger partial charge is 0.311 e. The van der Waals surface area contributed by atoms with Gasteiger partial charge in [0.15, 0.2) is 0 Å². The molecule has 0 amide bonds. The van der Waals surface area contributed by atoms with Crippen molar-refractivity contribution in [1.82, 2.24) is 9.88 Å². The van der Waals surface area contributed by atoms with E-state index in [2.05, 4.69) is 21.5 Å². The summed E-state index contributed by atoms with van der Waals surface area (Å²) in [5.41, 5.74) is 0.767. The zero-order valence-electron chi connectivity index (χ0n) is 11.4. The minimum atomic E-state index is -0.256. The average Bonchev–Trinajstić information content (AvgIpc) is 2.88. The molecule has 2 heterocycles. The molecular weight excluding hydrogens is 264 g/mol. The molecule has 19 heavy (non-hydrogen) atoms. The second kappa shape index (κ2) is 6.98. The maximum Gasteiger partial charge on any atom is 0.311 e. The van der Waals surface area contributed by atoms with E-state index >= 15 is 0 Å². The van der Waals surface area contributed by atoms with Crippen molar-refractivity contribution in [2.75, 3.05) is 33.4 Å². The Labute approximate surface area is 117 Å². The van der Waals surface area contributed by atoms with Crippen LogP contribution in [0.2, 0.25) is 0 Å². The van der Waals surface area contributed by atoms with Gasteiger partial charge in [0.05, 0.1) is 25.8 Å². The number of nitrogens with zero attached hydrogens (tertiary/aromatic N) is 2. The van der Waals surface area contributed by atoms with Crippen LogP contribution in [0.3, 0.4) is 0 Å². The Kier molecular flexibility index (Phi) is 5.30. The van der Waals surface area contributed by atoms with E-state index < -0.39 is 0 Å². The Hall–Kier alpha value is -0.980. The first-order valence-electron chi connectivity index (χ1n) is 6.58. The van der Waals surface area contributed by atoms with Crippen molar-refractivity contribution < 1.29 is 14.3 Å². The summed E-state index contributed by atoms with van der Waals surface area (Å²) in [4.78, 5) is 18.1. The summed E-state index contributed by atoms with van der Waals surface area (Å²) in [5.74, 6) is -0.256. The Balaban J connectivity index is 1.95. The number of ether oxygens (including phenoxy) is 2. The zero-order valence-corrected chi connectivity index (χ0v) is 12.2. The maximum atomic E-state index is 11.2. The van der Waals surface area contributed by atoms with Crippen molar-refractivity contribution in [1.29, 1.82) is 0 Å². The van der Waals surface area contributed by atoms with E-state index in [4.69, 9.17) is 4.74 Å². The quantitative estimate of drug-likeness (QED) is 0.769. The van der Waals surface area contributed by atoms with Crippen LogP contribution in [0.15, 0.2) is 5.38 Å². The molecule has 0 bridgehead atoms. The third kappa shape index (κ3) is 3.99. The van der Waals surface area contributed by atoms with Crippen molar-refractivity contribution in [3.63, 3.8) is 0 Å². The lowest BCUT2D eigenvalue weighted by Gasteiger charge is -2.31. The molecule has 1 aliphatic rings. The summed E-state index contributed by atoms with van der Waals surface area (Å²) in [6.07, 6.45) is 1.42. The number of rotatable bonds is 5. The molecule has 0 aromatic carbocycles. The molecule has 0 radical (unpaired) electrons. The third-order valence-corrected chi connectivity index (χ3v) is 4.07. The molecule has 1 atom stereocenters. The summed E-state index contributed by atoms with van der Waals surface area (Å²) >= 11 is 1.56. The molecule has 0 N–H and O–H groups in total. The first-order valence-corrected chi connectivity index (χ1v) is 7.46. The van der Waals surface area contributed by atoms with Gasteiger partial charge >= 0.3 is 5.97 Å². The van der Waals surface area contributed by atoms with E-state index in [-0.39, 0.29) is 18.5 Å². The summed E-state index contributed by atoms with van der Waals surface area (Å²) < 4.78 is 10.4. The lowest BCUT2D eigenvalue weighted by Crippen LogP contribution is -2.38. The number of hydrogen-bond donors (Lipinski definition) is 0. The number of carbonyl (C=O) groups is 1. The van der Waals surface area contributed by atoms with Crippen LogP contribution < -0.4 is 0 Å². The maximum absolute atomic E-state index is 11.2. The van der Waals surface area contributed by atoms with Crippen molar-refractivity contribution in [3.8, 4) is 0 Å². The van der Waals surface area contributed by atoms with Gasteiger partial charge in [-0.25, -0.2) is 4.98 Å². The second-order valence-corrected chi connectivity index (χ2v) is 5.48. The van der Waals surface area contributed by atoms with Crippen LogP contribution in [0, 0.1) is 0 Å². The Bertz CT molecular complexity index is 420. The molecule has 1 aromatic heterocycles. The molecule has 1 aromatic rings. The molecule has 0 saturated carbocycles. The molecule has 1 fully saturated rings. The lowest BCUT2D eigenvalue weighted by atomic mass is 10.2. The van der Waals surface area contributed by atoms with E-state index in [1.807, 2.05) is 5.38 Å². The van der Waals surface area contributed by atoms with Crippen molar-refractivity contribution in [3.05, 3.63) is 16.1 Å². The number of morpholine rings is 1. The molecule has 1 aliphatic heterocycles. The van der Waals surface area contributed by atoms with E-state index in [9.17, 15) is 4.79 Å². The highest BCUT2D eigenvalue weighted by Gasteiger charge is 2.24. The molecule has 5 nitrogen and oxygen atoms in total. The van der Waals surface area contributed by atoms with E-state index in [1.54, 1.807) is 11.3 Å². The topological polar surface area (TPSA) is 51.7 Å². The van der Waals surface area contributed by atoms with Gasteiger partial charge < -0.3 is 9.47 Å². The summed E-state index contributed by atoms with van der Waals surface area (Å²) in [5, 5.41) is 2.87. The number of methoxy groups -OCH3 is 1. The summed E-state index contributed by atoms with van der Waals surface area (Å²) in [6, 6.07) is 0. The van der Waals surface area contributed by atoms with Crippen LogP contribution in [0.5, 0.6) is 0 Å². The molecule has 0 aliphatic carbocycles. The SMILES string of the molecule is CCCN1CCOC(c2nc(CC(=O)OC)cs2)C1. The van der Waals surface area contributed by atoms with Crippen molar-refractivity contribution >= 4 is 17.3 Å². The van der Waals surface area contributed by atoms with Gasteiger partial charge in [0.25, 0.3) is 0 Å². The molecule has 0 spiro atoms. The van der Waals surface area contributed by atoms with E-state index in [1.165, 1.54) is 7.11 Å². The Morgan fingerprint density at radius 1 is 1.68 bits per heavy atom. The summed E-state index contributed by atoms with van der Waals surface area (Å²) in [7, 11) is 1.39. The number of thiazole rings is 1. The molecule has 1 saturated heterocycles. The van der Waals surface area contributed by atoms with Gasteiger partial charge in [0, 0.05) is 18.5 Å². The van der Waals surface area contributed by atoms with Crippen LogP contribution in [-0.2, 0) is 20.7 Å². The first kappa shape index (κ1) is 14.4. The van der Waals surface area contributed by atoms with Crippen LogP contribution in [0.25, 0.3) is 0 Å². The van der Waals surface area contributed by atoms with E-state index in [0.717, 1.165) is 43.4 Å². The van der Waals surface area contributed by atoms with Crippen molar-refractivity contribution in [2.24, 2.45) is 0 Å². The minimum Gasteiger partial charge on any atom is -0.469 e. The number of hydrogen-bond acceptors (Lipinski definition) is 6. The monoisotopic (exact) mass is 284 g/mol. The van der Waals surface area contributed by atoms with Crippen molar-refractivity contribution in [2.45, 2.75) is 25.9 Å². The summed E-state index contributed by atoms with van der Waals surface area (Å²) in [6.45, 7) is 5.91. The number of esters is 1. The predicted octanol–water partition coefficient (Wildman–Crippen LogP) is 1.64. The van der Waals surface area contributed by atoms with Crippen LogP contribution >= 0.6 is 11.3 Å². The van der Waals surface area contributed by atoms with Gasteiger partial charge in [0.1, 0.15) is 11.1 Å². The second-order valence-electron chi connectivity index (χ2n) is 4.59. The predicted molar refractivity (Wildman–Crippen MR) is 73.3 cm³/mol. The zero-order chi connectivity index (χ0) is 13.7. The average molecular weight is 284 g/mol. The van der Waals surface area contributed by atoms with E-state index in [0.29, 0.717) is 0 Å². The fraction of sp³-hybridized carbons (Fsp3) is 0.692. The third-order valence-electron chi connectivity index (χ3n) is 3.09. The van der Waals surface area contributed by atoms with Gasteiger partial charge in [-0.15, -0.1) is 11.3 Å². The fourth-order valence-corrected chi connectivity index (χ4v) is 3.00. The van der Waals surface area contributed by atoms with Crippen LogP contribution in [0.1, 0.15) is 30.2 Å². The van der Waals surface area contributed by atoms with Crippen LogP contribution in [-0.4, -0.2) is 49.2 Å². The minimum absolute atomic E-state index is 0.0386. The highest BCUT2D eigenvalue weighted by Crippen LogP contribution is 2.25. The molecular formula is C13H20N2O3S. The van der Waals surface area contributed by atoms with Crippen LogP contribution in [0.4, 0.5) is 0 Å².